The second-order valence-electron chi connectivity index (χ2n) is 4.47. The van der Waals surface area contributed by atoms with Crippen LogP contribution in [0.25, 0.3) is 5.82 Å². The summed E-state index contributed by atoms with van der Waals surface area (Å²) in [5.41, 5.74) is 0.697. The third-order valence-corrected chi connectivity index (χ3v) is 2.95. The molecule has 0 bridgehead atoms. The van der Waals surface area contributed by atoms with Gasteiger partial charge in [0, 0.05) is 25.0 Å². The summed E-state index contributed by atoms with van der Waals surface area (Å²) >= 11 is 0. The molecule has 0 saturated heterocycles. The highest BCUT2D eigenvalue weighted by Gasteiger charge is 2.10. The lowest BCUT2D eigenvalue weighted by Crippen LogP contribution is -2.16. The van der Waals surface area contributed by atoms with Gasteiger partial charge in [0.05, 0.1) is 5.69 Å². The van der Waals surface area contributed by atoms with E-state index >= 15 is 0 Å². The molecule has 2 aromatic rings. The molecule has 2 N–H and O–H groups in total. The molecule has 0 spiro atoms. The molecule has 2 rings (SSSR count). The van der Waals surface area contributed by atoms with Crippen molar-refractivity contribution in [3.8, 4) is 5.82 Å². The zero-order valence-corrected chi connectivity index (χ0v) is 11.8. The van der Waals surface area contributed by atoms with Crippen LogP contribution in [-0.4, -0.2) is 34.0 Å². The number of hydrogen-bond donors (Lipinski definition) is 2. The highest BCUT2D eigenvalue weighted by Crippen LogP contribution is 2.18. The summed E-state index contributed by atoms with van der Waals surface area (Å²) in [5, 5.41) is 5.93. The molecular formula is C14H19N5O. The first kappa shape index (κ1) is 14.2. The minimum Gasteiger partial charge on any atom is -0.323 e. The Kier molecular flexibility index (Phi) is 4.84. The molecule has 6 nitrogen and oxygen atoms in total. The zero-order chi connectivity index (χ0) is 14.4. The number of imidazole rings is 1. The average Bonchev–Trinajstić information content (AvgIpc) is 2.86. The Morgan fingerprint density at radius 1 is 1.35 bits per heavy atom. The maximum atomic E-state index is 11.9. The normalized spacial score (nSPS) is 10.5. The molecule has 0 aliphatic heterocycles. The van der Waals surface area contributed by atoms with Crippen molar-refractivity contribution in [1.29, 1.82) is 0 Å². The van der Waals surface area contributed by atoms with E-state index in [4.69, 9.17) is 0 Å². The molecule has 2 heterocycles. The van der Waals surface area contributed by atoms with Gasteiger partial charge < -0.3 is 10.6 Å². The van der Waals surface area contributed by atoms with Crippen LogP contribution in [0.5, 0.6) is 0 Å². The highest BCUT2D eigenvalue weighted by atomic mass is 16.1. The highest BCUT2D eigenvalue weighted by molar-refractivity contribution is 5.92. The second-order valence-corrected chi connectivity index (χ2v) is 4.47. The molecule has 0 unspecified atom stereocenters. The molecule has 20 heavy (non-hydrogen) atoms. The summed E-state index contributed by atoms with van der Waals surface area (Å²) < 4.78 is 1.85. The van der Waals surface area contributed by atoms with Crippen LogP contribution in [0.4, 0.5) is 5.69 Å². The van der Waals surface area contributed by atoms with Crippen LogP contribution < -0.4 is 10.6 Å². The fourth-order valence-corrected chi connectivity index (χ4v) is 1.93. The van der Waals surface area contributed by atoms with Crippen molar-refractivity contribution in [2.45, 2.75) is 19.8 Å². The van der Waals surface area contributed by atoms with E-state index < -0.39 is 0 Å². The van der Waals surface area contributed by atoms with Crippen molar-refractivity contribution in [2.75, 3.05) is 18.9 Å². The van der Waals surface area contributed by atoms with Crippen LogP contribution in [0, 0.1) is 6.92 Å². The lowest BCUT2D eigenvalue weighted by Gasteiger charge is -2.11. The second kappa shape index (κ2) is 6.81. The summed E-state index contributed by atoms with van der Waals surface area (Å²) in [5.74, 6) is 1.51. The number of hydrogen-bond acceptors (Lipinski definition) is 4. The van der Waals surface area contributed by atoms with Gasteiger partial charge >= 0.3 is 0 Å². The van der Waals surface area contributed by atoms with E-state index in [-0.39, 0.29) is 5.91 Å². The van der Waals surface area contributed by atoms with Gasteiger partial charge in [0.25, 0.3) is 0 Å². The Balaban J connectivity index is 2.13. The largest absolute Gasteiger partial charge is 0.323 e. The van der Waals surface area contributed by atoms with Crippen molar-refractivity contribution >= 4 is 11.6 Å². The van der Waals surface area contributed by atoms with E-state index in [9.17, 15) is 4.79 Å². The summed E-state index contributed by atoms with van der Waals surface area (Å²) in [7, 11) is 1.87. The molecule has 0 fully saturated rings. The standard InChI is InChI=1S/C14H19N5O/c1-11-16-9-10-19(11)14-12(5-3-8-17-14)18-13(20)6-4-7-15-2/h3,5,8-10,15H,4,6-7H2,1-2H3,(H,18,20). The van der Waals surface area contributed by atoms with Crippen molar-refractivity contribution < 1.29 is 4.79 Å². The number of carbonyl (C=O) groups excluding carboxylic acids is 1. The molecular weight excluding hydrogens is 254 g/mol. The van der Waals surface area contributed by atoms with Gasteiger partial charge in [-0.15, -0.1) is 0 Å². The van der Waals surface area contributed by atoms with Crippen LogP contribution in [0.1, 0.15) is 18.7 Å². The lowest BCUT2D eigenvalue weighted by atomic mass is 10.3. The average molecular weight is 273 g/mol. The Morgan fingerprint density at radius 3 is 2.90 bits per heavy atom. The van der Waals surface area contributed by atoms with E-state index in [1.54, 1.807) is 18.5 Å². The SMILES string of the molecule is CNCCCC(=O)Nc1cccnc1-n1ccnc1C. The fourth-order valence-electron chi connectivity index (χ4n) is 1.93. The minimum absolute atomic E-state index is 0.00716. The van der Waals surface area contributed by atoms with Gasteiger partial charge in [-0.2, -0.15) is 0 Å². The molecule has 0 aliphatic rings. The van der Waals surface area contributed by atoms with Crippen molar-refractivity contribution in [2.24, 2.45) is 0 Å². The molecule has 6 heteroatoms. The van der Waals surface area contributed by atoms with Crippen LogP contribution in [-0.2, 0) is 4.79 Å². The van der Waals surface area contributed by atoms with Gasteiger partial charge in [-0.25, -0.2) is 9.97 Å². The number of aromatic nitrogens is 3. The lowest BCUT2D eigenvalue weighted by molar-refractivity contribution is -0.116. The van der Waals surface area contributed by atoms with Crippen LogP contribution >= 0.6 is 0 Å². The zero-order valence-electron chi connectivity index (χ0n) is 11.8. The Labute approximate surface area is 118 Å². The molecule has 106 valence electrons. The maximum absolute atomic E-state index is 11.9. The monoisotopic (exact) mass is 273 g/mol. The smallest absolute Gasteiger partial charge is 0.224 e. The van der Waals surface area contributed by atoms with Crippen LogP contribution in [0.15, 0.2) is 30.7 Å². The number of amides is 1. The Bertz CT molecular complexity index is 578. The fraction of sp³-hybridized carbons (Fsp3) is 0.357. The van der Waals surface area contributed by atoms with E-state index in [2.05, 4.69) is 20.6 Å². The van der Waals surface area contributed by atoms with Crippen LogP contribution in [0.3, 0.4) is 0 Å². The van der Waals surface area contributed by atoms with E-state index in [0.717, 1.165) is 18.8 Å². The molecule has 1 amide bonds. The predicted molar refractivity (Wildman–Crippen MR) is 77.9 cm³/mol. The number of aryl methyl sites for hydroxylation is 1. The van der Waals surface area contributed by atoms with Crippen molar-refractivity contribution in [3.63, 3.8) is 0 Å². The van der Waals surface area contributed by atoms with Gasteiger partial charge in [-0.3, -0.25) is 9.36 Å². The number of pyridine rings is 1. The number of anilines is 1. The predicted octanol–water partition coefficient (Wildman–Crippen LogP) is 1.51. The van der Waals surface area contributed by atoms with Crippen molar-refractivity contribution in [3.05, 3.63) is 36.5 Å². The van der Waals surface area contributed by atoms with E-state index in [1.165, 1.54) is 0 Å². The summed E-state index contributed by atoms with van der Waals surface area (Å²) in [6, 6.07) is 3.65. The maximum Gasteiger partial charge on any atom is 0.224 e. The molecule has 0 radical (unpaired) electrons. The Hall–Kier alpha value is -2.21. The quantitative estimate of drug-likeness (QED) is 0.783. The number of rotatable bonds is 6. The van der Waals surface area contributed by atoms with E-state index in [0.29, 0.717) is 17.9 Å². The van der Waals surface area contributed by atoms with E-state index in [1.807, 2.05) is 30.8 Å². The molecule has 0 atom stereocenters. The molecule has 0 aromatic carbocycles. The van der Waals surface area contributed by atoms with Gasteiger partial charge in [0.2, 0.25) is 5.91 Å². The van der Waals surface area contributed by atoms with Crippen molar-refractivity contribution in [1.82, 2.24) is 19.9 Å². The molecule has 0 saturated carbocycles. The summed E-state index contributed by atoms with van der Waals surface area (Å²) in [4.78, 5) is 20.4. The number of nitrogens with zero attached hydrogens (tertiary/aromatic N) is 3. The van der Waals surface area contributed by atoms with Gasteiger partial charge in [0.15, 0.2) is 5.82 Å². The molecule has 0 aliphatic carbocycles. The minimum atomic E-state index is -0.00716. The number of nitrogens with one attached hydrogen (secondary N) is 2. The first-order chi connectivity index (χ1) is 9.72. The van der Waals surface area contributed by atoms with Gasteiger partial charge in [-0.05, 0) is 39.1 Å². The topological polar surface area (TPSA) is 71.8 Å². The third kappa shape index (κ3) is 3.42. The first-order valence-electron chi connectivity index (χ1n) is 6.62. The Morgan fingerprint density at radius 2 is 2.20 bits per heavy atom. The van der Waals surface area contributed by atoms with Crippen LogP contribution in [0.2, 0.25) is 0 Å². The third-order valence-electron chi connectivity index (χ3n) is 2.95. The summed E-state index contributed by atoms with van der Waals surface area (Å²) in [6.07, 6.45) is 6.53. The van der Waals surface area contributed by atoms with Gasteiger partial charge in [0.1, 0.15) is 5.82 Å². The summed E-state index contributed by atoms with van der Waals surface area (Å²) in [6.45, 7) is 2.72. The van der Waals surface area contributed by atoms with Gasteiger partial charge in [-0.1, -0.05) is 0 Å². The number of carbonyl (C=O) groups is 1. The first-order valence-corrected chi connectivity index (χ1v) is 6.62. The molecule has 2 aromatic heterocycles.